The summed E-state index contributed by atoms with van der Waals surface area (Å²) in [5.74, 6) is 0.950. The molecule has 2 N–H and O–H groups in total. The quantitative estimate of drug-likeness (QED) is 0.583. The van der Waals surface area contributed by atoms with Crippen LogP contribution in [-0.2, 0) is 9.47 Å². The van der Waals surface area contributed by atoms with Gasteiger partial charge in [0.05, 0.1) is 43.0 Å². The third-order valence-electron chi connectivity index (χ3n) is 2.97. The third-order valence-corrected chi connectivity index (χ3v) is 2.97. The van der Waals surface area contributed by atoms with Crippen molar-refractivity contribution in [2.75, 3.05) is 43.5 Å². The van der Waals surface area contributed by atoms with E-state index in [9.17, 15) is 10.1 Å². The first-order chi connectivity index (χ1) is 10.2. The van der Waals surface area contributed by atoms with Gasteiger partial charge in [-0.05, 0) is 6.42 Å². The average Bonchev–Trinajstić information content (AvgIpc) is 2.51. The molecule has 0 spiro atoms. The first-order valence-corrected chi connectivity index (χ1v) is 7.02. The van der Waals surface area contributed by atoms with Gasteiger partial charge in [0.1, 0.15) is 11.6 Å². The molecule has 0 bridgehead atoms. The largest absolute Gasteiger partial charge is 0.376 e. The molecule has 1 aromatic rings. The van der Waals surface area contributed by atoms with Gasteiger partial charge < -0.3 is 20.1 Å². The van der Waals surface area contributed by atoms with Crippen molar-refractivity contribution >= 4 is 17.3 Å². The van der Waals surface area contributed by atoms with E-state index in [4.69, 9.17) is 9.47 Å². The maximum absolute atomic E-state index is 11.0. The second-order valence-corrected chi connectivity index (χ2v) is 4.73. The molecule has 1 aliphatic rings. The highest BCUT2D eigenvalue weighted by atomic mass is 16.6. The molecule has 0 radical (unpaired) electrons. The Labute approximate surface area is 123 Å². The number of aromatic nitrogens is 1. The summed E-state index contributed by atoms with van der Waals surface area (Å²) >= 11 is 0. The molecule has 1 saturated heterocycles. The Balaban J connectivity index is 2.02. The lowest BCUT2D eigenvalue weighted by Crippen LogP contribution is -2.34. The van der Waals surface area contributed by atoms with Crippen LogP contribution in [-0.4, -0.2) is 48.9 Å². The van der Waals surface area contributed by atoms with E-state index < -0.39 is 4.92 Å². The van der Waals surface area contributed by atoms with E-state index in [0.29, 0.717) is 44.5 Å². The fraction of sp³-hybridized carbons (Fsp3) is 0.615. The van der Waals surface area contributed by atoms with Gasteiger partial charge in [-0.25, -0.2) is 4.98 Å². The summed E-state index contributed by atoms with van der Waals surface area (Å²) in [6.45, 7) is 4.93. The topological polar surface area (TPSA) is 98.6 Å². The minimum absolute atomic E-state index is 0.00640. The Morgan fingerprint density at radius 2 is 2.14 bits per heavy atom. The minimum Gasteiger partial charge on any atom is -0.376 e. The number of pyridine rings is 1. The van der Waals surface area contributed by atoms with Crippen LogP contribution in [0, 0.1) is 10.1 Å². The number of hydrogen-bond donors (Lipinski definition) is 2. The van der Waals surface area contributed by atoms with Crippen LogP contribution in [0.5, 0.6) is 0 Å². The highest BCUT2D eigenvalue weighted by molar-refractivity contribution is 5.54. The first kappa shape index (κ1) is 15.5. The molecule has 116 valence electrons. The predicted octanol–water partition coefficient (Wildman–Crippen LogP) is 1.64. The van der Waals surface area contributed by atoms with Gasteiger partial charge in [-0.15, -0.1) is 0 Å². The second kappa shape index (κ2) is 7.75. The monoisotopic (exact) mass is 296 g/mol. The summed E-state index contributed by atoms with van der Waals surface area (Å²) in [6, 6.07) is 2.85. The molecule has 0 aliphatic carbocycles. The van der Waals surface area contributed by atoms with Crippen LogP contribution in [0.4, 0.5) is 17.3 Å². The highest BCUT2D eigenvalue weighted by Gasteiger charge is 2.16. The van der Waals surface area contributed by atoms with E-state index >= 15 is 0 Å². The first-order valence-electron chi connectivity index (χ1n) is 7.02. The van der Waals surface area contributed by atoms with Gasteiger partial charge in [0.2, 0.25) is 0 Å². The summed E-state index contributed by atoms with van der Waals surface area (Å²) in [6.07, 6.45) is 0.854. The summed E-state index contributed by atoms with van der Waals surface area (Å²) in [5.41, 5.74) is 0.00640. The number of hydrogen-bond acceptors (Lipinski definition) is 7. The van der Waals surface area contributed by atoms with Crippen LogP contribution in [0.15, 0.2) is 12.1 Å². The van der Waals surface area contributed by atoms with Crippen LogP contribution in [0.3, 0.4) is 0 Å². The molecule has 1 aliphatic heterocycles. The lowest BCUT2D eigenvalue weighted by Gasteiger charge is -2.23. The van der Waals surface area contributed by atoms with Gasteiger partial charge in [0.25, 0.3) is 5.69 Å². The summed E-state index contributed by atoms with van der Waals surface area (Å²) in [7, 11) is 0. The van der Waals surface area contributed by atoms with Crippen molar-refractivity contribution < 1.29 is 14.4 Å². The highest BCUT2D eigenvalue weighted by Crippen LogP contribution is 2.20. The Kier molecular flexibility index (Phi) is 5.70. The van der Waals surface area contributed by atoms with Crippen LogP contribution in [0.2, 0.25) is 0 Å². The van der Waals surface area contributed by atoms with Crippen LogP contribution >= 0.6 is 0 Å². The summed E-state index contributed by atoms with van der Waals surface area (Å²) in [4.78, 5) is 14.9. The molecule has 1 atom stereocenters. The Morgan fingerprint density at radius 1 is 1.38 bits per heavy atom. The van der Waals surface area contributed by atoms with Gasteiger partial charge in [0, 0.05) is 13.1 Å². The number of ether oxygens (including phenoxy) is 2. The lowest BCUT2D eigenvalue weighted by atomic mass is 10.3. The summed E-state index contributed by atoms with van der Waals surface area (Å²) in [5, 5.41) is 17.1. The molecule has 0 saturated carbocycles. The zero-order valence-corrected chi connectivity index (χ0v) is 12.0. The van der Waals surface area contributed by atoms with Crippen LogP contribution in [0.25, 0.3) is 0 Å². The van der Waals surface area contributed by atoms with E-state index in [1.54, 1.807) is 0 Å². The molecule has 2 heterocycles. The van der Waals surface area contributed by atoms with Gasteiger partial charge in [0.15, 0.2) is 0 Å². The van der Waals surface area contributed by atoms with Crippen LogP contribution < -0.4 is 10.6 Å². The molecular weight excluding hydrogens is 276 g/mol. The number of anilines is 2. The predicted molar refractivity (Wildman–Crippen MR) is 78.7 cm³/mol. The fourth-order valence-corrected chi connectivity index (χ4v) is 1.93. The molecule has 0 aromatic carbocycles. The van der Waals surface area contributed by atoms with Gasteiger partial charge in [-0.2, -0.15) is 0 Å². The molecule has 0 amide bonds. The van der Waals surface area contributed by atoms with Gasteiger partial charge >= 0.3 is 0 Å². The molecular formula is C13H20N4O4. The van der Waals surface area contributed by atoms with E-state index in [0.717, 1.165) is 6.42 Å². The van der Waals surface area contributed by atoms with Crippen molar-refractivity contribution in [2.24, 2.45) is 0 Å². The van der Waals surface area contributed by atoms with Crippen molar-refractivity contribution in [1.82, 2.24) is 4.98 Å². The molecule has 8 heteroatoms. The smallest absolute Gasteiger partial charge is 0.276 e. The van der Waals surface area contributed by atoms with E-state index in [-0.39, 0.29) is 11.8 Å². The van der Waals surface area contributed by atoms with E-state index in [1.807, 2.05) is 6.92 Å². The average molecular weight is 296 g/mol. The molecule has 1 unspecified atom stereocenters. The van der Waals surface area contributed by atoms with Crippen molar-refractivity contribution in [3.8, 4) is 0 Å². The van der Waals surface area contributed by atoms with Gasteiger partial charge in [-0.3, -0.25) is 10.1 Å². The van der Waals surface area contributed by atoms with Crippen molar-refractivity contribution in [2.45, 2.75) is 19.4 Å². The number of nitrogens with one attached hydrogen (secondary N) is 2. The minimum atomic E-state index is -0.426. The third kappa shape index (κ3) is 4.83. The molecule has 1 fully saturated rings. The fourth-order valence-electron chi connectivity index (χ4n) is 1.93. The van der Waals surface area contributed by atoms with E-state index in [1.165, 1.54) is 12.1 Å². The number of nitro groups is 1. The molecule has 1 aromatic heterocycles. The Morgan fingerprint density at radius 3 is 2.76 bits per heavy atom. The van der Waals surface area contributed by atoms with E-state index in [2.05, 4.69) is 15.6 Å². The lowest BCUT2D eigenvalue weighted by molar-refractivity contribution is -0.384. The van der Waals surface area contributed by atoms with Crippen molar-refractivity contribution in [3.63, 3.8) is 0 Å². The van der Waals surface area contributed by atoms with Crippen LogP contribution in [0.1, 0.15) is 13.3 Å². The standard InChI is InChI=1S/C13H20N4O4/c1-2-3-14-12-6-10(17(18)19)7-13(16-12)15-8-11-9-20-4-5-21-11/h6-7,11H,2-5,8-9H2,1H3,(H2,14,15,16). The molecule has 8 nitrogen and oxygen atoms in total. The number of rotatable bonds is 7. The Bertz CT molecular complexity index is 477. The summed E-state index contributed by atoms with van der Waals surface area (Å²) < 4.78 is 10.8. The second-order valence-electron chi connectivity index (χ2n) is 4.73. The normalized spacial score (nSPS) is 18.2. The molecule has 21 heavy (non-hydrogen) atoms. The number of nitrogens with zero attached hydrogens (tertiary/aromatic N) is 2. The SMILES string of the molecule is CCCNc1cc([N+](=O)[O-])cc(NCC2COCCO2)n1. The zero-order chi connectivity index (χ0) is 15.1. The Hall–Kier alpha value is -1.93. The van der Waals surface area contributed by atoms with Gasteiger partial charge in [-0.1, -0.05) is 6.92 Å². The van der Waals surface area contributed by atoms with Crippen molar-refractivity contribution in [1.29, 1.82) is 0 Å². The van der Waals surface area contributed by atoms with Crippen molar-refractivity contribution in [3.05, 3.63) is 22.2 Å². The zero-order valence-electron chi connectivity index (χ0n) is 12.0. The maximum Gasteiger partial charge on any atom is 0.276 e. The maximum atomic E-state index is 11.0. The molecule has 2 rings (SSSR count).